The molecule has 1 aromatic carbocycles. The van der Waals surface area contributed by atoms with Crippen molar-refractivity contribution in [3.8, 4) is 0 Å². The molecule has 6 atom stereocenters. The van der Waals surface area contributed by atoms with Crippen LogP contribution in [0.1, 0.15) is 73.8 Å². The summed E-state index contributed by atoms with van der Waals surface area (Å²) in [7, 11) is 0. The van der Waals surface area contributed by atoms with Crippen molar-refractivity contribution in [3.63, 3.8) is 0 Å². The van der Waals surface area contributed by atoms with Crippen LogP contribution in [-0.4, -0.2) is 95.3 Å². The fourth-order valence-corrected chi connectivity index (χ4v) is 4.93. The quantitative estimate of drug-likeness (QED) is 0.154. The third-order valence-corrected chi connectivity index (χ3v) is 7.69. The number of nitrogens with one attached hydrogen (secondary N) is 6. The molecule has 15 heteroatoms. The molecule has 1 aromatic rings. The number of alkyl carbamates (subject to hydrolysis) is 1. The van der Waals surface area contributed by atoms with E-state index in [0.717, 1.165) is 5.56 Å². The zero-order valence-electron chi connectivity index (χ0n) is 29.0. The molecular formula is C33H51N7O8. The van der Waals surface area contributed by atoms with Gasteiger partial charge in [-0.15, -0.1) is 0 Å². The minimum absolute atomic E-state index is 0.0277. The summed E-state index contributed by atoms with van der Waals surface area (Å²) in [6, 6.07) is 3.21. The lowest BCUT2D eigenvalue weighted by molar-refractivity contribution is -0.142. The molecule has 0 bridgehead atoms. The monoisotopic (exact) mass is 673 g/mol. The minimum Gasteiger partial charge on any atom is -0.445 e. The van der Waals surface area contributed by atoms with Crippen LogP contribution < -0.4 is 31.9 Å². The van der Waals surface area contributed by atoms with E-state index in [4.69, 9.17) is 4.74 Å². The molecule has 2 rings (SSSR count). The zero-order chi connectivity index (χ0) is 36.1. The molecule has 1 heterocycles. The number of amides is 7. The predicted molar refractivity (Wildman–Crippen MR) is 177 cm³/mol. The maximum atomic E-state index is 13.4. The summed E-state index contributed by atoms with van der Waals surface area (Å²) >= 11 is 0. The van der Waals surface area contributed by atoms with E-state index in [1.807, 2.05) is 18.2 Å². The third kappa shape index (κ3) is 12.2. The maximum absolute atomic E-state index is 13.4. The predicted octanol–water partition coefficient (Wildman–Crippen LogP) is 0.472. The van der Waals surface area contributed by atoms with Crippen molar-refractivity contribution in [1.82, 2.24) is 36.8 Å². The van der Waals surface area contributed by atoms with Gasteiger partial charge in [0, 0.05) is 12.6 Å². The van der Waals surface area contributed by atoms with E-state index in [1.54, 1.807) is 39.8 Å². The van der Waals surface area contributed by atoms with Crippen LogP contribution >= 0.6 is 0 Å². The molecule has 48 heavy (non-hydrogen) atoms. The van der Waals surface area contributed by atoms with Gasteiger partial charge in [0.1, 0.15) is 42.9 Å². The van der Waals surface area contributed by atoms with E-state index in [0.29, 0.717) is 12.8 Å². The molecule has 0 aromatic heterocycles. The number of rotatable bonds is 15. The first-order valence-electron chi connectivity index (χ1n) is 16.3. The van der Waals surface area contributed by atoms with Gasteiger partial charge >= 0.3 is 6.09 Å². The Morgan fingerprint density at radius 1 is 0.688 bits per heavy atom. The van der Waals surface area contributed by atoms with Gasteiger partial charge < -0.3 is 41.5 Å². The van der Waals surface area contributed by atoms with Crippen LogP contribution in [0.3, 0.4) is 0 Å². The molecule has 1 aliphatic heterocycles. The largest absolute Gasteiger partial charge is 0.445 e. The Labute approximate surface area is 282 Å². The van der Waals surface area contributed by atoms with E-state index >= 15 is 0 Å². The topological polar surface area (TPSA) is 204 Å². The Balaban J connectivity index is 1.92. The molecule has 6 N–H and O–H groups in total. The van der Waals surface area contributed by atoms with Crippen molar-refractivity contribution in [2.24, 2.45) is 5.92 Å². The summed E-state index contributed by atoms with van der Waals surface area (Å²) in [6.07, 6.45) is 0.0955. The number of carbonyl (C=O) groups excluding carboxylic acids is 7. The lowest BCUT2D eigenvalue weighted by atomic mass is 10.0. The highest BCUT2D eigenvalue weighted by molar-refractivity contribution is 5.97. The van der Waals surface area contributed by atoms with Crippen molar-refractivity contribution in [3.05, 3.63) is 35.9 Å². The van der Waals surface area contributed by atoms with Gasteiger partial charge in [0.15, 0.2) is 0 Å². The van der Waals surface area contributed by atoms with Gasteiger partial charge in [-0.1, -0.05) is 44.2 Å². The van der Waals surface area contributed by atoms with Crippen LogP contribution in [-0.2, 0) is 40.1 Å². The van der Waals surface area contributed by atoms with Crippen LogP contribution in [0.15, 0.2) is 30.3 Å². The molecule has 0 aliphatic carbocycles. The summed E-state index contributed by atoms with van der Waals surface area (Å²) in [5.74, 6) is -3.54. The van der Waals surface area contributed by atoms with Crippen LogP contribution in [0.2, 0.25) is 0 Å². The maximum Gasteiger partial charge on any atom is 0.408 e. The number of hydrogen-bond donors (Lipinski definition) is 6. The molecular weight excluding hydrogens is 622 g/mol. The van der Waals surface area contributed by atoms with Crippen LogP contribution in [0, 0.1) is 5.92 Å². The van der Waals surface area contributed by atoms with Gasteiger partial charge in [0.25, 0.3) is 0 Å². The number of nitrogens with zero attached hydrogens (tertiary/aromatic N) is 1. The Hall–Kier alpha value is -4.69. The summed E-state index contributed by atoms with van der Waals surface area (Å²) in [6.45, 7) is 13.3. The van der Waals surface area contributed by atoms with E-state index in [2.05, 4.69) is 31.9 Å². The highest BCUT2D eigenvalue weighted by Gasteiger charge is 2.39. The number of hydrogen-bond acceptors (Lipinski definition) is 8. The zero-order valence-corrected chi connectivity index (χ0v) is 29.0. The van der Waals surface area contributed by atoms with Crippen LogP contribution in [0.4, 0.5) is 4.79 Å². The van der Waals surface area contributed by atoms with Crippen molar-refractivity contribution < 1.29 is 38.3 Å². The van der Waals surface area contributed by atoms with E-state index in [-0.39, 0.29) is 31.0 Å². The van der Waals surface area contributed by atoms with Gasteiger partial charge in [-0.05, 0) is 65.9 Å². The summed E-state index contributed by atoms with van der Waals surface area (Å²) in [5.41, 5.74) is 0.782. The third-order valence-electron chi connectivity index (χ3n) is 7.69. The number of benzene rings is 1. The first-order valence-corrected chi connectivity index (χ1v) is 16.3. The summed E-state index contributed by atoms with van der Waals surface area (Å²) < 4.78 is 5.14. The Morgan fingerprint density at radius 2 is 1.21 bits per heavy atom. The summed E-state index contributed by atoms with van der Waals surface area (Å²) in [4.78, 5) is 90.9. The standard InChI is InChI=1S/C33H51N7O8/c1-18(2)26(31(45)36-21(6)28(42)35-20(5)27(41)34-19(3)4)39-30(44)25-15-12-16-40(25)32(46)23(8)37-29(43)22(7)38-33(47)48-17-24-13-10-9-11-14-24/h9-11,13-14,18-23,25-26H,12,15-17H2,1-8H3,(H,34,41)(H,35,42)(H,36,45)(H,37,43)(H,38,47)(H,39,44)/t20-,21-,22-,23-,25-,26-/m0/s1. The second-order valence-electron chi connectivity index (χ2n) is 12.7. The molecule has 266 valence electrons. The fraction of sp³-hybridized carbons (Fsp3) is 0.606. The fourth-order valence-electron chi connectivity index (χ4n) is 4.93. The molecule has 0 spiro atoms. The Bertz CT molecular complexity index is 1310. The van der Waals surface area contributed by atoms with Crippen LogP contribution in [0.5, 0.6) is 0 Å². The smallest absolute Gasteiger partial charge is 0.408 e. The van der Waals surface area contributed by atoms with E-state index in [1.165, 1.54) is 32.6 Å². The normalized spacial score (nSPS) is 17.3. The van der Waals surface area contributed by atoms with Crippen LogP contribution in [0.25, 0.3) is 0 Å². The lowest BCUT2D eigenvalue weighted by Crippen LogP contribution is -2.59. The van der Waals surface area contributed by atoms with Gasteiger partial charge in [0.05, 0.1) is 0 Å². The Morgan fingerprint density at radius 3 is 1.77 bits per heavy atom. The molecule has 15 nitrogen and oxygen atoms in total. The Kier molecular flexibility index (Phi) is 15.3. The molecule has 0 unspecified atom stereocenters. The number of carbonyl (C=O) groups is 7. The van der Waals surface area contributed by atoms with Crippen molar-refractivity contribution in [1.29, 1.82) is 0 Å². The van der Waals surface area contributed by atoms with E-state index < -0.39 is 71.9 Å². The van der Waals surface area contributed by atoms with Gasteiger partial charge in [-0.2, -0.15) is 0 Å². The highest BCUT2D eigenvalue weighted by Crippen LogP contribution is 2.19. The summed E-state index contributed by atoms with van der Waals surface area (Å²) in [5, 5.41) is 15.6. The number of ether oxygens (including phenoxy) is 1. The van der Waals surface area contributed by atoms with Gasteiger partial charge in [-0.25, -0.2) is 4.79 Å². The van der Waals surface area contributed by atoms with Crippen molar-refractivity contribution in [2.45, 2.75) is 117 Å². The first-order chi connectivity index (χ1) is 22.5. The van der Waals surface area contributed by atoms with Gasteiger partial charge in [-0.3, -0.25) is 28.8 Å². The molecule has 1 fully saturated rings. The molecule has 1 saturated heterocycles. The number of likely N-dealkylation sites (tertiary alicyclic amines) is 1. The van der Waals surface area contributed by atoms with Crippen molar-refractivity contribution >= 4 is 41.5 Å². The lowest BCUT2D eigenvalue weighted by Gasteiger charge is -2.30. The minimum atomic E-state index is -1.02. The molecule has 0 saturated carbocycles. The molecule has 7 amide bonds. The SMILES string of the molecule is CC(C)NC(=O)[C@H](C)NC(=O)[C@H](C)NC(=O)[C@@H](NC(=O)[C@@H]1CCCN1C(=O)[C@H](C)NC(=O)[C@H](C)NC(=O)OCc1ccccc1)C(C)C. The van der Waals surface area contributed by atoms with E-state index in [9.17, 15) is 33.6 Å². The average molecular weight is 674 g/mol. The second-order valence-corrected chi connectivity index (χ2v) is 12.7. The second kappa shape index (κ2) is 18.6. The average Bonchev–Trinajstić information content (AvgIpc) is 3.52. The van der Waals surface area contributed by atoms with Crippen molar-refractivity contribution in [2.75, 3.05) is 6.54 Å². The molecule has 0 radical (unpaired) electrons. The first kappa shape index (κ1) is 39.5. The highest BCUT2D eigenvalue weighted by atomic mass is 16.5. The molecule has 1 aliphatic rings. The van der Waals surface area contributed by atoms with Gasteiger partial charge in [0.2, 0.25) is 35.4 Å².